The van der Waals surface area contributed by atoms with Gasteiger partial charge in [-0.15, -0.1) is 0 Å². The van der Waals surface area contributed by atoms with E-state index in [1.807, 2.05) is 6.92 Å². The lowest BCUT2D eigenvalue weighted by Gasteiger charge is -2.17. The van der Waals surface area contributed by atoms with Crippen molar-refractivity contribution in [3.63, 3.8) is 0 Å². The summed E-state index contributed by atoms with van der Waals surface area (Å²) in [5.41, 5.74) is 0.803. The van der Waals surface area contributed by atoms with E-state index in [1.165, 1.54) is 11.3 Å². The van der Waals surface area contributed by atoms with Gasteiger partial charge in [0.15, 0.2) is 5.13 Å². The Kier molecular flexibility index (Phi) is 2.52. The van der Waals surface area contributed by atoms with Crippen LogP contribution in [0.25, 0.3) is 10.2 Å². The van der Waals surface area contributed by atoms with Crippen molar-refractivity contribution >= 4 is 44.2 Å². The molecule has 17 heavy (non-hydrogen) atoms. The molecular formula is C11H10ClN3OS. The van der Waals surface area contributed by atoms with Crippen molar-refractivity contribution in [2.24, 2.45) is 0 Å². The van der Waals surface area contributed by atoms with Crippen LogP contribution < -0.4 is 4.90 Å². The van der Waals surface area contributed by atoms with Crippen LogP contribution in [0.1, 0.15) is 19.8 Å². The number of carbonyl (C=O) groups excluding carboxylic acids is 1. The van der Waals surface area contributed by atoms with Crippen LogP contribution in [0, 0.1) is 0 Å². The largest absolute Gasteiger partial charge is 0.285 e. The number of pyridine rings is 1. The number of anilines is 1. The summed E-state index contributed by atoms with van der Waals surface area (Å²) in [5.74, 6) is 0.149. The molecule has 2 aromatic rings. The van der Waals surface area contributed by atoms with E-state index in [4.69, 9.17) is 11.6 Å². The summed E-state index contributed by atoms with van der Waals surface area (Å²) < 4.78 is 0.955. The highest BCUT2D eigenvalue weighted by molar-refractivity contribution is 7.22. The molecule has 0 saturated carbocycles. The molecule has 2 aromatic heterocycles. The molecule has 3 rings (SSSR count). The van der Waals surface area contributed by atoms with Gasteiger partial charge < -0.3 is 0 Å². The number of fused-ring (bicyclic) bond motifs is 1. The molecule has 88 valence electrons. The van der Waals surface area contributed by atoms with Crippen LogP contribution in [0.2, 0.25) is 5.15 Å². The minimum atomic E-state index is 0.149. The molecule has 1 saturated heterocycles. The predicted octanol–water partition coefficient (Wildman–Crippen LogP) is 2.86. The highest BCUT2D eigenvalue weighted by Crippen LogP contribution is 2.33. The zero-order chi connectivity index (χ0) is 12.0. The number of carbonyl (C=O) groups is 1. The smallest absolute Gasteiger partial charge is 0.229 e. The maximum Gasteiger partial charge on any atom is 0.229 e. The molecule has 4 nitrogen and oxygen atoms in total. The summed E-state index contributed by atoms with van der Waals surface area (Å²) in [6, 6.07) is 1.95. The number of nitrogens with zero attached hydrogens (tertiary/aromatic N) is 3. The van der Waals surface area contributed by atoms with Crippen LogP contribution in [0.4, 0.5) is 5.13 Å². The second-order valence-electron chi connectivity index (χ2n) is 4.12. The number of rotatable bonds is 1. The van der Waals surface area contributed by atoms with Crippen molar-refractivity contribution in [1.29, 1.82) is 0 Å². The number of aromatic nitrogens is 2. The van der Waals surface area contributed by atoms with Gasteiger partial charge in [0.05, 0.1) is 10.2 Å². The highest BCUT2D eigenvalue weighted by atomic mass is 35.5. The summed E-state index contributed by atoms with van der Waals surface area (Å²) in [6.45, 7) is 2.04. The van der Waals surface area contributed by atoms with Crippen LogP contribution in [0.15, 0.2) is 12.3 Å². The Morgan fingerprint density at radius 1 is 1.59 bits per heavy atom. The van der Waals surface area contributed by atoms with Crippen LogP contribution in [0.5, 0.6) is 0 Å². The molecule has 1 fully saturated rings. The molecular weight excluding hydrogens is 258 g/mol. The van der Waals surface area contributed by atoms with Crippen molar-refractivity contribution in [3.8, 4) is 0 Å². The summed E-state index contributed by atoms with van der Waals surface area (Å²) in [5, 5.41) is 1.18. The minimum absolute atomic E-state index is 0.149. The molecule has 0 bridgehead atoms. The lowest BCUT2D eigenvalue weighted by molar-refractivity contribution is -0.117. The van der Waals surface area contributed by atoms with Gasteiger partial charge in [-0.1, -0.05) is 22.9 Å². The highest BCUT2D eigenvalue weighted by Gasteiger charge is 2.31. The monoisotopic (exact) mass is 267 g/mol. The Hall–Kier alpha value is -1.20. The SMILES string of the molecule is C[C@@H]1CCC(=O)N1c1nc2cc(Cl)ncc2s1. The first-order valence-corrected chi connectivity index (χ1v) is 6.59. The van der Waals surface area contributed by atoms with Crippen LogP contribution in [0.3, 0.4) is 0 Å². The average Bonchev–Trinajstić information content (AvgIpc) is 2.81. The molecule has 0 aromatic carbocycles. The lowest BCUT2D eigenvalue weighted by Crippen LogP contribution is -2.30. The van der Waals surface area contributed by atoms with Crippen molar-refractivity contribution in [2.75, 3.05) is 4.90 Å². The third-order valence-corrected chi connectivity index (χ3v) is 4.13. The zero-order valence-electron chi connectivity index (χ0n) is 9.18. The van der Waals surface area contributed by atoms with Gasteiger partial charge in [-0.3, -0.25) is 9.69 Å². The Balaban J connectivity index is 2.09. The van der Waals surface area contributed by atoms with Crippen LogP contribution in [-0.2, 0) is 4.79 Å². The van der Waals surface area contributed by atoms with E-state index in [9.17, 15) is 4.79 Å². The zero-order valence-corrected chi connectivity index (χ0v) is 10.8. The molecule has 1 amide bonds. The minimum Gasteiger partial charge on any atom is -0.285 e. The fourth-order valence-electron chi connectivity index (χ4n) is 2.02. The maximum atomic E-state index is 11.8. The van der Waals surface area contributed by atoms with E-state index in [2.05, 4.69) is 9.97 Å². The molecule has 3 heterocycles. The topological polar surface area (TPSA) is 46.1 Å². The van der Waals surface area contributed by atoms with Crippen LogP contribution in [-0.4, -0.2) is 21.9 Å². The van der Waals surface area contributed by atoms with Crippen molar-refractivity contribution < 1.29 is 4.79 Å². The molecule has 1 aliphatic heterocycles. The molecule has 0 spiro atoms. The number of hydrogen-bond acceptors (Lipinski definition) is 4. The second kappa shape index (κ2) is 3.92. The van der Waals surface area contributed by atoms with E-state index in [1.54, 1.807) is 17.2 Å². The molecule has 0 aliphatic carbocycles. The Morgan fingerprint density at radius 2 is 2.41 bits per heavy atom. The molecule has 6 heteroatoms. The van der Waals surface area contributed by atoms with Gasteiger partial charge >= 0.3 is 0 Å². The first-order valence-electron chi connectivity index (χ1n) is 5.39. The first kappa shape index (κ1) is 10.9. The van der Waals surface area contributed by atoms with E-state index in [-0.39, 0.29) is 11.9 Å². The van der Waals surface area contributed by atoms with E-state index >= 15 is 0 Å². The van der Waals surface area contributed by atoms with Gasteiger partial charge in [0, 0.05) is 24.7 Å². The number of halogens is 1. The van der Waals surface area contributed by atoms with Crippen molar-refractivity contribution in [1.82, 2.24) is 9.97 Å². The van der Waals surface area contributed by atoms with Crippen LogP contribution >= 0.6 is 22.9 Å². The first-order chi connectivity index (χ1) is 8.15. The quantitative estimate of drug-likeness (QED) is 0.747. The molecule has 0 unspecified atom stereocenters. The maximum absolute atomic E-state index is 11.8. The second-order valence-corrected chi connectivity index (χ2v) is 5.52. The average molecular weight is 268 g/mol. The summed E-state index contributed by atoms with van der Waals surface area (Å²) in [7, 11) is 0. The summed E-state index contributed by atoms with van der Waals surface area (Å²) >= 11 is 7.30. The van der Waals surface area contributed by atoms with Gasteiger partial charge in [-0.25, -0.2) is 9.97 Å². The number of hydrogen-bond donors (Lipinski definition) is 0. The van der Waals surface area contributed by atoms with E-state index in [0.717, 1.165) is 21.8 Å². The van der Waals surface area contributed by atoms with Gasteiger partial charge in [-0.2, -0.15) is 0 Å². The Bertz CT molecular complexity index is 597. The van der Waals surface area contributed by atoms with Gasteiger partial charge in [0.25, 0.3) is 0 Å². The van der Waals surface area contributed by atoms with E-state index < -0.39 is 0 Å². The Morgan fingerprint density at radius 3 is 3.12 bits per heavy atom. The van der Waals surface area contributed by atoms with Gasteiger partial charge in [0.1, 0.15) is 5.15 Å². The molecule has 1 aliphatic rings. The predicted molar refractivity (Wildman–Crippen MR) is 68.6 cm³/mol. The normalized spacial score (nSPS) is 20.5. The molecule has 0 radical (unpaired) electrons. The lowest BCUT2D eigenvalue weighted by atomic mass is 10.2. The number of amides is 1. The summed E-state index contributed by atoms with van der Waals surface area (Å²) in [6.07, 6.45) is 3.20. The molecule has 0 N–H and O–H groups in total. The standard InChI is InChI=1S/C11H10ClN3OS/c1-6-2-3-10(16)15(6)11-14-7-4-9(12)13-5-8(7)17-11/h4-6H,2-3H2,1H3/t6-/m1/s1. The fourth-order valence-corrected chi connectivity index (χ4v) is 3.21. The van der Waals surface area contributed by atoms with E-state index in [0.29, 0.717) is 11.6 Å². The third-order valence-electron chi connectivity index (χ3n) is 2.92. The Labute approximate surface area is 107 Å². The van der Waals surface area contributed by atoms with Gasteiger partial charge in [0.2, 0.25) is 5.91 Å². The number of thiazole rings is 1. The third kappa shape index (κ3) is 1.79. The van der Waals surface area contributed by atoms with Gasteiger partial charge in [-0.05, 0) is 13.3 Å². The van der Waals surface area contributed by atoms with Crippen molar-refractivity contribution in [3.05, 3.63) is 17.4 Å². The van der Waals surface area contributed by atoms with Crippen molar-refractivity contribution in [2.45, 2.75) is 25.8 Å². The molecule has 1 atom stereocenters. The fraction of sp³-hybridized carbons (Fsp3) is 0.364. The summed E-state index contributed by atoms with van der Waals surface area (Å²) in [4.78, 5) is 22.0.